The minimum atomic E-state index is 0.962. The van der Waals surface area contributed by atoms with Gasteiger partial charge in [0.25, 0.3) is 0 Å². The van der Waals surface area contributed by atoms with Crippen LogP contribution in [0.2, 0.25) is 11.6 Å². The van der Waals surface area contributed by atoms with Crippen molar-refractivity contribution in [3.8, 4) is 0 Å². The summed E-state index contributed by atoms with van der Waals surface area (Å²) in [6.45, 7) is 0. The molecule has 0 heterocycles. The second kappa shape index (κ2) is 9.89. The van der Waals surface area contributed by atoms with Crippen molar-refractivity contribution in [1.29, 1.82) is 0 Å². The van der Waals surface area contributed by atoms with Crippen molar-refractivity contribution in [3.05, 3.63) is 0 Å². The fourth-order valence-corrected chi connectivity index (χ4v) is 4.10. The van der Waals surface area contributed by atoms with Gasteiger partial charge in [-0.3, -0.25) is 0 Å². The van der Waals surface area contributed by atoms with Gasteiger partial charge in [0.05, 0.1) is 0 Å². The monoisotopic (exact) mass is 261 g/mol. The fraction of sp³-hybridized carbons (Fsp3) is 1.00. The molecule has 109 valence electrons. The second-order valence-electron chi connectivity index (χ2n) is 7.11. The van der Waals surface area contributed by atoms with Gasteiger partial charge in [0.1, 0.15) is 7.28 Å². The molecule has 0 aromatic heterocycles. The van der Waals surface area contributed by atoms with Crippen molar-refractivity contribution in [2.45, 2.75) is 114 Å². The summed E-state index contributed by atoms with van der Waals surface area (Å²) in [6, 6.07) is 0. The highest BCUT2D eigenvalue weighted by Crippen LogP contribution is 2.33. The van der Waals surface area contributed by atoms with Crippen LogP contribution in [0.25, 0.3) is 0 Å². The first-order valence-electron chi connectivity index (χ1n) is 9.30. The Kier molecular flexibility index (Phi) is 8.04. The summed E-state index contributed by atoms with van der Waals surface area (Å²) < 4.78 is 0. The lowest BCUT2D eigenvalue weighted by Crippen LogP contribution is -2.12. The van der Waals surface area contributed by atoms with E-state index in [-0.39, 0.29) is 0 Å². The maximum absolute atomic E-state index is 2.82. The Labute approximate surface area is 122 Å². The highest BCUT2D eigenvalue weighted by Gasteiger charge is 2.19. The van der Waals surface area contributed by atoms with Crippen LogP contribution in [0, 0.1) is 0 Å². The molecule has 0 unspecified atom stereocenters. The molecule has 0 aliphatic heterocycles. The average Bonchev–Trinajstić information content (AvgIpc) is 2.62. The Balaban J connectivity index is 1.74. The van der Waals surface area contributed by atoms with Crippen molar-refractivity contribution in [2.24, 2.45) is 0 Å². The van der Waals surface area contributed by atoms with Crippen molar-refractivity contribution in [1.82, 2.24) is 0 Å². The van der Waals surface area contributed by atoms with E-state index in [2.05, 4.69) is 7.28 Å². The van der Waals surface area contributed by atoms with Crippen molar-refractivity contribution < 1.29 is 0 Å². The summed E-state index contributed by atoms with van der Waals surface area (Å²) in [6.07, 6.45) is 23.9. The van der Waals surface area contributed by atoms with Crippen LogP contribution in [0.4, 0.5) is 0 Å². The highest BCUT2D eigenvalue weighted by atomic mass is 14.1. The number of hydrogen-bond acceptors (Lipinski definition) is 0. The Morgan fingerprint density at radius 2 is 0.632 bits per heavy atom. The van der Waals surface area contributed by atoms with Crippen LogP contribution in [0.1, 0.15) is 103 Å². The van der Waals surface area contributed by atoms with Crippen molar-refractivity contribution in [2.75, 3.05) is 0 Å². The van der Waals surface area contributed by atoms with E-state index in [1.807, 2.05) is 0 Å². The molecule has 0 saturated heterocycles. The third-order valence-electron chi connectivity index (χ3n) is 5.34. The zero-order valence-electron chi connectivity index (χ0n) is 13.0. The van der Waals surface area contributed by atoms with Gasteiger partial charge in [0.15, 0.2) is 0 Å². The summed E-state index contributed by atoms with van der Waals surface area (Å²) in [5, 5.41) is 0. The normalized spacial score (nSPS) is 26.3. The van der Waals surface area contributed by atoms with Crippen molar-refractivity contribution >= 4 is 7.28 Å². The standard InChI is InChI=1S/C18H34B/c1-2-6-10-14-17(13-9-5-1)19-18-15-11-7-3-4-8-12-16-18/h17-18H,1-16H2. The molecule has 0 atom stereocenters. The van der Waals surface area contributed by atoms with Crippen LogP contribution < -0.4 is 0 Å². The molecule has 2 rings (SSSR count). The molecular formula is C18H34B. The molecule has 1 heteroatoms. The van der Waals surface area contributed by atoms with E-state index in [9.17, 15) is 0 Å². The van der Waals surface area contributed by atoms with Crippen LogP contribution in [0.5, 0.6) is 0 Å². The van der Waals surface area contributed by atoms with Crippen LogP contribution >= 0.6 is 0 Å². The lowest BCUT2D eigenvalue weighted by molar-refractivity contribution is 0.577. The molecule has 2 saturated carbocycles. The first kappa shape index (κ1) is 15.5. The molecule has 2 fully saturated rings. The SMILES string of the molecule is [B](C1CCCCCCCC1)C1CCCCCCCC1. The summed E-state index contributed by atoms with van der Waals surface area (Å²) >= 11 is 0. The minimum absolute atomic E-state index is 0.962. The van der Waals surface area contributed by atoms with Gasteiger partial charge in [0, 0.05) is 0 Å². The second-order valence-corrected chi connectivity index (χ2v) is 7.11. The third-order valence-corrected chi connectivity index (χ3v) is 5.34. The van der Waals surface area contributed by atoms with Crippen LogP contribution in [-0.4, -0.2) is 7.28 Å². The Morgan fingerprint density at radius 3 is 0.947 bits per heavy atom. The van der Waals surface area contributed by atoms with Gasteiger partial charge < -0.3 is 0 Å². The van der Waals surface area contributed by atoms with E-state index in [0.29, 0.717) is 0 Å². The van der Waals surface area contributed by atoms with Crippen molar-refractivity contribution in [3.63, 3.8) is 0 Å². The topological polar surface area (TPSA) is 0 Å². The van der Waals surface area contributed by atoms with E-state index in [4.69, 9.17) is 0 Å². The van der Waals surface area contributed by atoms with Gasteiger partial charge in [-0.05, 0) is 0 Å². The maximum atomic E-state index is 2.82. The molecule has 0 aromatic rings. The van der Waals surface area contributed by atoms with Crippen LogP contribution in [0.15, 0.2) is 0 Å². The molecule has 1 radical (unpaired) electrons. The highest BCUT2D eigenvalue weighted by molar-refractivity contribution is 6.39. The summed E-state index contributed by atoms with van der Waals surface area (Å²) in [7, 11) is 2.82. The van der Waals surface area contributed by atoms with E-state index in [1.54, 1.807) is 0 Å². The predicted molar refractivity (Wildman–Crippen MR) is 87.1 cm³/mol. The molecule has 2 aliphatic carbocycles. The Hall–Kier alpha value is 0.0649. The molecule has 19 heavy (non-hydrogen) atoms. The number of hydrogen-bond donors (Lipinski definition) is 0. The Bertz CT molecular complexity index is 172. The third kappa shape index (κ3) is 6.86. The fourth-order valence-electron chi connectivity index (χ4n) is 4.10. The van der Waals surface area contributed by atoms with E-state index in [0.717, 1.165) is 11.6 Å². The van der Waals surface area contributed by atoms with Gasteiger partial charge in [-0.2, -0.15) is 0 Å². The largest absolute Gasteiger partial charge is 0.117 e. The van der Waals surface area contributed by atoms with E-state index < -0.39 is 0 Å². The first-order chi connectivity index (χ1) is 9.45. The smallest absolute Gasteiger partial charge is 0.0686 e. The molecule has 0 N–H and O–H groups in total. The molecule has 0 spiro atoms. The number of rotatable bonds is 2. The van der Waals surface area contributed by atoms with Crippen LogP contribution in [0.3, 0.4) is 0 Å². The lowest BCUT2D eigenvalue weighted by Gasteiger charge is -2.22. The van der Waals surface area contributed by atoms with E-state index in [1.165, 1.54) is 103 Å². The van der Waals surface area contributed by atoms with Crippen LogP contribution in [-0.2, 0) is 0 Å². The predicted octanol–water partition coefficient (Wildman–Crippen LogP) is 6.54. The zero-order chi connectivity index (χ0) is 13.2. The van der Waals surface area contributed by atoms with Gasteiger partial charge in [0.2, 0.25) is 0 Å². The summed E-state index contributed by atoms with van der Waals surface area (Å²) in [4.78, 5) is 0. The zero-order valence-corrected chi connectivity index (χ0v) is 13.0. The Morgan fingerprint density at radius 1 is 0.368 bits per heavy atom. The maximum Gasteiger partial charge on any atom is 0.117 e. The molecule has 0 nitrogen and oxygen atoms in total. The van der Waals surface area contributed by atoms with Gasteiger partial charge in [-0.15, -0.1) is 0 Å². The molecule has 0 aromatic carbocycles. The first-order valence-corrected chi connectivity index (χ1v) is 9.30. The van der Waals surface area contributed by atoms with Gasteiger partial charge in [-0.1, -0.05) is 114 Å². The molecular weight excluding hydrogens is 227 g/mol. The summed E-state index contributed by atoms with van der Waals surface area (Å²) in [5.41, 5.74) is 0. The van der Waals surface area contributed by atoms with Gasteiger partial charge in [-0.25, -0.2) is 0 Å². The summed E-state index contributed by atoms with van der Waals surface area (Å²) in [5.74, 6) is 1.92. The average molecular weight is 261 g/mol. The minimum Gasteiger partial charge on any atom is -0.0686 e. The molecule has 2 aliphatic rings. The van der Waals surface area contributed by atoms with E-state index >= 15 is 0 Å². The molecule has 0 amide bonds. The lowest BCUT2D eigenvalue weighted by atomic mass is 9.50. The van der Waals surface area contributed by atoms with Gasteiger partial charge >= 0.3 is 0 Å². The molecule has 0 bridgehead atoms. The quantitative estimate of drug-likeness (QED) is 0.495.